The van der Waals surface area contributed by atoms with E-state index >= 15 is 0 Å². The smallest absolute Gasteiger partial charge is 0.435 e. The number of H-pyrrole nitrogens is 1. The molecule has 0 atom stereocenters. The molecule has 0 bridgehead atoms. The molecule has 0 radical (unpaired) electrons. The number of nitrogens with zero attached hydrogens (tertiary/aromatic N) is 4. The highest BCUT2D eigenvalue weighted by molar-refractivity contribution is 6.10. The standard InChI is InChI=1S/C19H19F4N7O2/c1-9(2)24-18(26-17(32)12-8-30(3)29-16(12)19(21,22)23)25-15-7-14(27-28-15)11-5-4-10(31)6-13(11)20/h4-9,31H,1-3H3,(H3,24,25,26,27,28,32). The topological polar surface area (TPSA) is 120 Å². The summed E-state index contributed by atoms with van der Waals surface area (Å²) in [6.07, 6.45) is -3.87. The Morgan fingerprint density at radius 1 is 1.28 bits per heavy atom. The molecule has 2 aromatic heterocycles. The van der Waals surface area contributed by atoms with Gasteiger partial charge in [-0.1, -0.05) is 0 Å². The fraction of sp³-hybridized carbons (Fsp3) is 0.263. The molecule has 13 heteroatoms. The molecule has 0 spiro atoms. The van der Waals surface area contributed by atoms with Gasteiger partial charge in [0.2, 0.25) is 5.96 Å². The first-order valence-corrected chi connectivity index (χ1v) is 9.25. The lowest BCUT2D eigenvalue weighted by Crippen LogP contribution is -2.37. The lowest BCUT2D eigenvalue weighted by molar-refractivity contribution is -0.141. The number of aryl methyl sites for hydroxylation is 1. The number of aromatic hydroxyl groups is 1. The van der Waals surface area contributed by atoms with E-state index in [2.05, 4.69) is 30.9 Å². The minimum atomic E-state index is -4.82. The van der Waals surface area contributed by atoms with Gasteiger partial charge < -0.3 is 10.4 Å². The maximum absolute atomic E-state index is 14.1. The van der Waals surface area contributed by atoms with Gasteiger partial charge in [0.25, 0.3) is 5.91 Å². The summed E-state index contributed by atoms with van der Waals surface area (Å²) in [6.45, 7) is 3.39. The van der Waals surface area contributed by atoms with E-state index in [0.717, 1.165) is 16.9 Å². The van der Waals surface area contributed by atoms with Crippen molar-refractivity contribution < 1.29 is 27.5 Å². The molecule has 0 saturated heterocycles. The van der Waals surface area contributed by atoms with Crippen molar-refractivity contribution in [3.63, 3.8) is 0 Å². The van der Waals surface area contributed by atoms with Crippen LogP contribution in [0, 0.1) is 5.82 Å². The van der Waals surface area contributed by atoms with Gasteiger partial charge in [-0.25, -0.2) is 9.38 Å². The molecule has 0 aliphatic heterocycles. The van der Waals surface area contributed by atoms with Crippen molar-refractivity contribution in [2.75, 3.05) is 5.32 Å². The minimum absolute atomic E-state index is 0.120. The molecule has 0 aliphatic carbocycles. The van der Waals surface area contributed by atoms with Gasteiger partial charge >= 0.3 is 6.18 Å². The van der Waals surface area contributed by atoms with E-state index in [0.29, 0.717) is 0 Å². The van der Waals surface area contributed by atoms with Gasteiger partial charge in [0, 0.05) is 37.0 Å². The maximum Gasteiger partial charge on any atom is 0.435 e. The van der Waals surface area contributed by atoms with Crippen LogP contribution in [0.4, 0.5) is 23.4 Å². The van der Waals surface area contributed by atoms with Crippen LogP contribution in [0.3, 0.4) is 0 Å². The number of phenols is 1. The van der Waals surface area contributed by atoms with Gasteiger partial charge in [-0.15, -0.1) is 0 Å². The third-order valence-electron chi connectivity index (χ3n) is 4.03. The number of aliphatic imine (C=N–C) groups is 1. The molecular weight excluding hydrogens is 434 g/mol. The number of amides is 1. The quantitative estimate of drug-likeness (QED) is 0.275. The van der Waals surface area contributed by atoms with Crippen LogP contribution in [0.2, 0.25) is 0 Å². The normalized spacial score (nSPS) is 12.3. The van der Waals surface area contributed by atoms with Crippen LogP contribution < -0.4 is 10.6 Å². The molecule has 3 rings (SSSR count). The van der Waals surface area contributed by atoms with E-state index < -0.39 is 29.2 Å². The molecule has 0 fully saturated rings. The van der Waals surface area contributed by atoms with E-state index in [1.54, 1.807) is 13.8 Å². The molecular formula is C19H19F4N7O2. The van der Waals surface area contributed by atoms with E-state index in [9.17, 15) is 27.5 Å². The third kappa shape index (κ3) is 5.22. The second kappa shape index (κ2) is 8.69. The first-order valence-electron chi connectivity index (χ1n) is 9.25. The number of anilines is 1. The minimum Gasteiger partial charge on any atom is -0.508 e. The highest BCUT2D eigenvalue weighted by Crippen LogP contribution is 2.30. The zero-order valence-electron chi connectivity index (χ0n) is 17.1. The molecule has 3 aromatic rings. The molecule has 1 amide bonds. The fourth-order valence-corrected chi connectivity index (χ4v) is 2.76. The zero-order chi connectivity index (χ0) is 23.6. The summed E-state index contributed by atoms with van der Waals surface area (Å²) in [6, 6.07) is 4.64. The number of alkyl halides is 3. The number of aromatic amines is 1. The van der Waals surface area contributed by atoms with Gasteiger partial charge in [-0.05, 0) is 26.0 Å². The van der Waals surface area contributed by atoms with Crippen LogP contribution in [-0.2, 0) is 13.2 Å². The Bertz CT molecular complexity index is 1160. The predicted octanol–water partition coefficient (Wildman–Crippen LogP) is 3.28. The molecule has 170 valence electrons. The van der Waals surface area contributed by atoms with Crippen LogP contribution in [0.5, 0.6) is 5.75 Å². The zero-order valence-corrected chi connectivity index (χ0v) is 17.1. The number of guanidine groups is 1. The average molecular weight is 453 g/mol. The Morgan fingerprint density at radius 2 is 2.00 bits per heavy atom. The number of benzene rings is 1. The monoisotopic (exact) mass is 453 g/mol. The average Bonchev–Trinajstić information content (AvgIpc) is 3.27. The molecule has 0 unspecified atom stereocenters. The number of carbonyl (C=O) groups is 1. The summed E-state index contributed by atoms with van der Waals surface area (Å²) in [7, 11) is 1.26. The molecule has 0 saturated carbocycles. The van der Waals surface area contributed by atoms with Gasteiger partial charge in [-0.3, -0.25) is 19.9 Å². The Labute approximate surface area is 179 Å². The van der Waals surface area contributed by atoms with Gasteiger partial charge in [0.15, 0.2) is 11.5 Å². The highest BCUT2D eigenvalue weighted by atomic mass is 19.4. The van der Waals surface area contributed by atoms with Crippen molar-refractivity contribution in [1.82, 2.24) is 25.3 Å². The second-order valence-corrected chi connectivity index (χ2v) is 7.04. The number of phenolic OH excluding ortho intramolecular Hbond substituents is 1. The van der Waals surface area contributed by atoms with Crippen LogP contribution >= 0.6 is 0 Å². The van der Waals surface area contributed by atoms with Gasteiger partial charge in [-0.2, -0.15) is 23.4 Å². The lowest BCUT2D eigenvalue weighted by atomic mass is 10.1. The van der Waals surface area contributed by atoms with E-state index in [1.165, 1.54) is 25.2 Å². The summed E-state index contributed by atoms with van der Waals surface area (Å²) in [4.78, 5) is 16.7. The van der Waals surface area contributed by atoms with Crippen molar-refractivity contribution in [3.05, 3.63) is 47.5 Å². The van der Waals surface area contributed by atoms with E-state index in [-0.39, 0.29) is 34.8 Å². The molecule has 32 heavy (non-hydrogen) atoms. The summed E-state index contributed by atoms with van der Waals surface area (Å²) in [5.41, 5.74) is -1.62. The summed E-state index contributed by atoms with van der Waals surface area (Å²) < 4.78 is 54.5. The van der Waals surface area contributed by atoms with Crippen LogP contribution in [0.25, 0.3) is 11.3 Å². The molecule has 4 N–H and O–H groups in total. The lowest BCUT2D eigenvalue weighted by Gasteiger charge is -2.11. The van der Waals surface area contributed by atoms with Crippen molar-refractivity contribution >= 4 is 17.7 Å². The number of carbonyl (C=O) groups excluding carboxylic acids is 1. The fourth-order valence-electron chi connectivity index (χ4n) is 2.76. The van der Waals surface area contributed by atoms with Crippen LogP contribution in [0.1, 0.15) is 29.9 Å². The van der Waals surface area contributed by atoms with E-state index in [1.807, 2.05) is 0 Å². The Hall–Kier alpha value is -3.90. The summed E-state index contributed by atoms with van der Waals surface area (Å²) in [5, 5.41) is 24.2. The van der Waals surface area contributed by atoms with E-state index in [4.69, 9.17) is 0 Å². The number of aromatic nitrogens is 4. The molecule has 9 nitrogen and oxygen atoms in total. The van der Waals surface area contributed by atoms with Crippen LogP contribution in [-0.4, -0.2) is 43.0 Å². The summed E-state index contributed by atoms with van der Waals surface area (Å²) >= 11 is 0. The predicted molar refractivity (Wildman–Crippen MR) is 108 cm³/mol. The number of hydrogen-bond acceptors (Lipinski definition) is 5. The molecule has 0 aliphatic rings. The van der Waals surface area contributed by atoms with Crippen molar-refractivity contribution in [2.45, 2.75) is 26.1 Å². The van der Waals surface area contributed by atoms with Gasteiger partial charge in [0.05, 0.1) is 11.3 Å². The van der Waals surface area contributed by atoms with Crippen molar-refractivity contribution in [1.29, 1.82) is 0 Å². The van der Waals surface area contributed by atoms with Gasteiger partial charge in [0.1, 0.15) is 11.6 Å². The molecule has 2 heterocycles. The Balaban J connectivity index is 1.84. The summed E-state index contributed by atoms with van der Waals surface area (Å²) in [5.74, 6) is -2.05. The first-order chi connectivity index (χ1) is 14.9. The van der Waals surface area contributed by atoms with Crippen molar-refractivity contribution in [2.24, 2.45) is 12.0 Å². The maximum atomic E-state index is 14.1. The highest BCUT2D eigenvalue weighted by Gasteiger charge is 2.39. The van der Waals surface area contributed by atoms with Crippen molar-refractivity contribution in [3.8, 4) is 17.0 Å². The Kier molecular flexibility index (Phi) is 6.18. The third-order valence-corrected chi connectivity index (χ3v) is 4.03. The Morgan fingerprint density at radius 3 is 2.62 bits per heavy atom. The number of rotatable bonds is 4. The first kappa shape index (κ1) is 22.8. The number of hydrogen-bond donors (Lipinski definition) is 4. The number of halogens is 4. The number of nitrogens with one attached hydrogen (secondary N) is 3. The largest absolute Gasteiger partial charge is 0.508 e. The second-order valence-electron chi connectivity index (χ2n) is 7.04. The molecule has 1 aromatic carbocycles. The van der Waals surface area contributed by atoms with Crippen LogP contribution in [0.15, 0.2) is 35.5 Å². The SMILES string of the molecule is CC(C)N=C(NC(=O)c1cn(C)nc1C(F)(F)F)Nc1cc(-c2ccc(O)cc2F)[nH]n1.